The second-order valence-corrected chi connectivity index (χ2v) is 6.32. The maximum Gasteiger partial charge on any atom is 0.411 e. The van der Waals surface area contributed by atoms with E-state index in [0.717, 1.165) is 24.4 Å². The molecule has 3 nitrogen and oxygen atoms in total. The average Bonchev–Trinajstić information content (AvgIpc) is 3.43. The minimum Gasteiger partial charge on any atom is -0.368 e. The van der Waals surface area contributed by atoms with E-state index in [1.807, 2.05) is 0 Å². The molecule has 0 aliphatic carbocycles. The smallest absolute Gasteiger partial charge is 0.368 e. The molecule has 0 N–H and O–H groups in total. The fourth-order valence-corrected chi connectivity index (χ4v) is 2.72. The molecule has 1 atom stereocenters. The van der Waals surface area contributed by atoms with E-state index in [-0.39, 0.29) is 6.61 Å². The van der Waals surface area contributed by atoms with Crippen molar-refractivity contribution in [3.8, 4) is 0 Å². The molecule has 29 heavy (non-hydrogen) atoms. The minimum absolute atomic E-state index is 0.321. The number of halogens is 7. The number of hydrogen-bond acceptors (Lipinski definition) is 3. The van der Waals surface area contributed by atoms with E-state index in [1.165, 1.54) is 18.2 Å². The van der Waals surface area contributed by atoms with Crippen molar-refractivity contribution in [3.63, 3.8) is 0 Å². The molecule has 1 saturated heterocycles. The van der Waals surface area contributed by atoms with Crippen LogP contribution in [0.5, 0.6) is 0 Å². The van der Waals surface area contributed by atoms with Gasteiger partial charge in [0.1, 0.15) is 23.9 Å². The maximum absolute atomic E-state index is 15.0. The molecule has 1 aromatic carbocycles. The third-order valence-corrected chi connectivity index (χ3v) is 4.20. The van der Waals surface area contributed by atoms with Gasteiger partial charge in [-0.15, -0.1) is 0 Å². The van der Waals surface area contributed by atoms with E-state index in [4.69, 9.17) is 4.74 Å². The van der Waals surface area contributed by atoms with Gasteiger partial charge in [0, 0.05) is 17.8 Å². The fourth-order valence-electron chi connectivity index (χ4n) is 2.72. The summed E-state index contributed by atoms with van der Waals surface area (Å²) in [6.45, 7) is -2.19. The maximum atomic E-state index is 15.0. The summed E-state index contributed by atoms with van der Waals surface area (Å²) in [4.78, 5) is 3.67. The summed E-state index contributed by atoms with van der Waals surface area (Å²) < 4.78 is 102. The van der Waals surface area contributed by atoms with Gasteiger partial charge in [-0.1, -0.05) is 18.2 Å². The zero-order valence-electron chi connectivity index (χ0n) is 14.6. The fraction of sp³-hybridized carbons (Fsp3) is 0.316. The summed E-state index contributed by atoms with van der Waals surface area (Å²) in [5.74, 6) is -5.76. The van der Waals surface area contributed by atoms with Crippen LogP contribution in [-0.2, 0) is 21.0 Å². The molecule has 10 heteroatoms. The van der Waals surface area contributed by atoms with Crippen LogP contribution < -0.4 is 0 Å². The van der Waals surface area contributed by atoms with Crippen molar-refractivity contribution >= 4 is 6.08 Å². The van der Waals surface area contributed by atoms with E-state index >= 15 is 0 Å². The molecule has 0 saturated carbocycles. The average molecular weight is 421 g/mol. The molecule has 1 aromatic heterocycles. The Kier molecular flexibility index (Phi) is 5.68. The highest BCUT2D eigenvalue weighted by Crippen LogP contribution is 2.56. The Morgan fingerprint density at radius 3 is 2.38 bits per heavy atom. The first-order chi connectivity index (χ1) is 13.6. The van der Waals surface area contributed by atoms with Crippen molar-refractivity contribution in [2.45, 2.75) is 17.7 Å². The summed E-state index contributed by atoms with van der Waals surface area (Å²) in [7, 11) is 0. The van der Waals surface area contributed by atoms with Gasteiger partial charge >= 0.3 is 12.1 Å². The van der Waals surface area contributed by atoms with Crippen molar-refractivity contribution in [2.24, 2.45) is 0 Å². The molecule has 1 aliphatic rings. The zero-order valence-corrected chi connectivity index (χ0v) is 14.6. The van der Waals surface area contributed by atoms with Crippen LogP contribution in [0.4, 0.5) is 30.7 Å². The van der Waals surface area contributed by atoms with Gasteiger partial charge in [-0.25, -0.2) is 8.78 Å². The molecule has 1 aliphatic heterocycles. The van der Waals surface area contributed by atoms with Crippen molar-refractivity contribution in [1.82, 2.24) is 4.98 Å². The van der Waals surface area contributed by atoms with Gasteiger partial charge in [0.25, 0.3) is 0 Å². The van der Waals surface area contributed by atoms with E-state index in [2.05, 4.69) is 9.72 Å². The number of nitrogens with zero attached hydrogens (tertiary/aromatic N) is 1. The van der Waals surface area contributed by atoms with Crippen LogP contribution in [0.1, 0.15) is 16.8 Å². The molecule has 1 unspecified atom stereocenters. The lowest BCUT2D eigenvalue weighted by Crippen LogP contribution is -2.34. The topological polar surface area (TPSA) is 34.6 Å². The highest BCUT2D eigenvalue weighted by atomic mass is 19.4. The standard InChI is InChI=1S/C19H14F7NO2/c20-13-4-5-14(15(21)8-13)17(10-29-17)19(25,26)16-6-3-12(9-27-16)2-1-7-28-11-18(22,23)24/h1-6,8-9H,7,10-11H2. The highest BCUT2D eigenvalue weighted by molar-refractivity contribution is 5.48. The molecule has 3 rings (SSSR count). The lowest BCUT2D eigenvalue weighted by molar-refractivity contribution is -0.171. The van der Waals surface area contributed by atoms with Gasteiger partial charge in [-0.2, -0.15) is 22.0 Å². The monoisotopic (exact) mass is 421 g/mol. The first-order valence-electron chi connectivity index (χ1n) is 8.30. The number of benzene rings is 1. The molecular formula is C19H14F7NO2. The van der Waals surface area contributed by atoms with Crippen LogP contribution in [0, 0.1) is 11.6 Å². The molecule has 0 spiro atoms. The van der Waals surface area contributed by atoms with E-state index in [0.29, 0.717) is 11.6 Å². The van der Waals surface area contributed by atoms with E-state index in [1.54, 1.807) is 0 Å². The molecule has 1 fully saturated rings. The van der Waals surface area contributed by atoms with Crippen LogP contribution >= 0.6 is 0 Å². The molecule has 2 heterocycles. The third kappa shape index (κ3) is 4.59. The molecular weight excluding hydrogens is 407 g/mol. The Hall–Kier alpha value is -2.46. The lowest BCUT2D eigenvalue weighted by Gasteiger charge is -2.24. The number of hydrogen-bond donors (Lipinski definition) is 0. The lowest BCUT2D eigenvalue weighted by atomic mass is 9.90. The minimum atomic E-state index is -4.44. The van der Waals surface area contributed by atoms with Gasteiger partial charge in [0.05, 0.1) is 13.2 Å². The van der Waals surface area contributed by atoms with E-state index < -0.39 is 53.8 Å². The SMILES string of the molecule is Fc1ccc(C2(C(F)(F)c3ccc(C=CCOCC(F)(F)F)cn3)CO2)c(F)c1. The van der Waals surface area contributed by atoms with Crippen LogP contribution in [0.3, 0.4) is 0 Å². The number of epoxide rings is 1. The van der Waals surface area contributed by atoms with Gasteiger partial charge in [-0.05, 0) is 23.8 Å². The third-order valence-electron chi connectivity index (χ3n) is 4.20. The molecule has 0 radical (unpaired) electrons. The summed E-state index contributed by atoms with van der Waals surface area (Å²) in [5.41, 5.74) is -3.10. The van der Waals surface area contributed by atoms with Crippen LogP contribution in [0.2, 0.25) is 0 Å². The number of aromatic nitrogens is 1. The predicted octanol–water partition coefficient (Wildman–Crippen LogP) is 4.97. The Bertz CT molecular complexity index is 890. The Balaban J connectivity index is 1.72. The molecule has 0 amide bonds. The number of rotatable bonds is 7. The summed E-state index contributed by atoms with van der Waals surface area (Å²) in [6.07, 6.45) is -0.720. The Labute approximate surface area is 160 Å². The van der Waals surface area contributed by atoms with Crippen molar-refractivity contribution < 1.29 is 40.2 Å². The Morgan fingerprint density at radius 2 is 1.83 bits per heavy atom. The van der Waals surface area contributed by atoms with Crippen LogP contribution in [0.15, 0.2) is 42.6 Å². The second kappa shape index (κ2) is 7.75. The molecule has 156 valence electrons. The van der Waals surface area contributed by atoms with Gasteiger partial charge in [0.2, 0.25) is 0 Å². The normalized spacial score (nSPS) is 19.7. The largest absolute Gasteiger partial charge is 0.411 e. The molecule has 0 bridgehead atoms. The Morgan fingerprint density at radius 1 is 1.10 bits per heavy atom. The number of alkyl halides is 5. The summed E-state index contributed by atoms with van der Waals surface area (Å²) in [5, 5.41) is 0. The summed E-state index contributed by atoms with van der Waals surface area (Å²) in [6, 6.07) is 4.54. The van der Waals surface area contributed by atoms with Crippen molar-refractivity contribution in [1.29, 1.82) is 0 Å². The van der Waals surface area contributed by atoms with Gasteiger partial charge < -0.3 is 9.47 Å². The highest BCUT2D eigenvalue weighted by Gasteiger charge is 2.68. The van der Waals surface area contributed by atoms with Gasteiger partial charge in [0.15, 0.2) is 5.60 Å². The number of pyridine rings is 1. The first-order valence-corrected chi connectivity index (χ1v) is 8.30. The van der Waals surface area contributed by atoms with Crippen molar-refractivity contribution in [2.75, 3.05) is 19.8 Å². The van der Waals surface area contributed by atoms with Gasteiger partial charge in [-0.3, -0.25) is 4.98 Å². The first kappa shape index (κ1) is 21.3. The van der Waals surface area contributed by atoms with Crippen LogP contribution in [-0.4, -0.2) is 31.0 Å². The van der Waals surface area contributed by atoms with Crippen LogP contribution in [0.25, 0.3) is 6.08 Å². The van der Waals surface area contributed by atoms with E-state index in [9.17, 15) is 30.7 Å². The predicted molar refractivity (Wildman–Crippen MR) is 88.0 cm³/mol. The second-order valence-electron chi connectivity index (χ2n) is 6.32. The van der Waals surface area contributed by atoms with Crippen molar-refractivity contribution in [3.05, 3.63) is 71.1 Å². The number of ether oxygens (including phenoxy) is 2. The zero-order chi connectivity index (χ0) is 21.3. The summed E-state index contributed by atoms with van der Waals surface area (Å²) >= 11 is 0. The molecule has 2 aromatic rings. The quantitative estimate of drug-likeness (QED) is 0.360.